The van der Waals surface area contributed by atoms with Gasteiger partial charge in [-0.05, 0) is 48.3 Å². The molecule has 128 valence electrons. The fourth-order valence-electron chi connectivity index (χ4n) is 2.05. The van der Waals surface area contributed by atoms with Gasteiger partial charge in [-0.3, -0.25) is 4.98 Å². The Hall–Kier alpha value is -2.58. The van der Waals surface area contributed by atoms with Gasteiger partial charge in [0.25, 0.3) is 14.2 Å². The number of benzene rings is 1. The molecular formula is C20H22N2O2Si. The topological polar surface area (TPSA) is 48.2 Å². The maximum absolute atomic E-state index is 6.41. The molecule has 3 aromatic rings. The van der Waals surface area contributed by atoms with E-state index in [0.29, 0.717) is 11.5 Å². The average molecular weight is 350 g/mol. The van der Waals surface area contributed by atoms with Crippen LogP contribution in [0.15, 0.2) is 47.1 Å². The van der Waals surface area contributed by atoms with E-state index in [-0.39, 0.29) is 5.04 Å². The van der Waals surface area contributed by atoms with Gasteiger partial charge in [-0.2, -0.15) is 4.98 Å². The Morgan fingerprint density at radius 2 is 1.88 bits per heavy atom. The normalized spacial score (nSPS) is 11.9. The zero-order valence-electron chi connectivity index (χ0n) is 15.3. The summed E-state index contributed by atoms with van der Waals surface area (Å²) in [6.07, 6.45) is 3.43. The van der Waals surface area contributed by atoms with Crippen molar-refractivity contribution >= 4 is 19.4 Å². The molecule has 0 bridgehead atoms. The molecule has 1 aromatic carbocycles. The first-order valence-corrected chi connectivity index (χ1v) is 11.2. The Labute approximate surface area is 149 Å². The average Bonchev–Trinajstić information content (AvgIpc) is 2.97. The molecule has 0 unspecified atom stereocenters. The van der Waals surface area contributed by atoms with Gasteiger partial charge in [0.1, 0.15) is 5.75 Å². The molecule has 0 aliphatic carbocycles. The molecule has 0 saturated heterocycles. The first-order valence-electron chi connectivity index (χ1n) is 8.27. The Balaban J connectivity index is 1.95. The minimum absolute atomic E-state index is 0.113. The Bertz CT molecular complexity index is 944. The molecule has 0 fully saturated rings. The summed E-state index contributed by atoms with van der Waals surface area (Å²) in [7, 11) is -1.95. The third kappa shape index (κ3) is 3.75. The van der Waals surface area contributed by atoms with Crippen molar-refractivity contribution in [2.45, 2.75) is 38.9 Å². The van der Waals surface area contributed by atoms with Crippen LogP contribution >= 0.6 is 0 Å². The Kier molecular flexibility index (Phi) is 4.40. The van der Waals surface area contributed by atoms with Crippen LogP contribution in [0.5, 0.6) is 5.75 Å². The van der Waals surface area contributed by atoms with Crippen LogP contribution in [0, 0.1) is 11.8 Å². The molecule has 0 aliphatic heterocycles. The zero-order valence-corrected chi connectivity index (χ0v) is 16.3. The molecule has 2 aromatic heterocycles. The molecule has 0 N–H and O–H groups in total. The van der Waals surface area contributed by atoms with Crippen LogP contribution in [0.2, 0.25) is 18.1 Å². The van der Waals surface area contributed by atoms with Crippen LogP contribution < -0.4 is 4.43 Å². The highest BCUT2D eigenvalue weighted by atomic mass is 28.4. The van der Waals surface area contributed by atoms with Crippen molar-refractivity contribution in [3.63, 3.8) is 0 Å². The first kappa shape index (κ1) is 17.2. The molecule has 0 amide bonds. The molecule has 3 rings (SSSR count). The third-order valence-electron chi connectivity index (χ3n) is 4.53. The van der Waals surface area contributed by atoms with Crippen LogP contribution in [-0.2, 0) is 0 Å². The molecule has 0 saturated carbocycles. The van der Waals surface area contributed by atoms with Crippen molar-refractivity contribution in [2.24, 2.45) is 0 Å². The summed E-state index contributed by atoms with van der Waals surface area (Å²) in [5.74, 6) is 7.12. The standard InChI is InChI=1S/C20H22N2O2Si/c1-20(2,3)25(4,5)24-17-10-6-9-16-19(17)22-18(23-16)12-11-15-8-7-13-21-14-15/h6-10,13-14H,1-5H3. The number of para-hydroxylation sites is 1. The van der Waals surface area contributed by atoms with Crippen LogP contribution in [0.4, 0.5) is 0 Å². The van der Waals surface area contributed by atoms with Crippen molar-refractivity contribution < 1.29 is 8.84 Å². The van der Waals surface area contributed by atoms with E-state index in [1.807, 2.05) is 30.3 Å². The van der Waals surface area contributed by atoms with Crippen LogP contribution in [0.3, 0.4) is 0 Å². The maximum atomic E-state index is 6.41. The van der Waals surface area contributed by atoms with E-state index in [9.17, 15) is 0 Å². The van der Waals surface area contributed by atoms with Gasteiger partial charge in [0, 0.05) is 18.0 Å². The van der Waals surface area contributed by atoms with Crippen LogP contribution in [0.25, 0.3) is 11.1 Å². The number of hydrogen-bond acceptors (Lipinski definition) is 4. The molecule has 0 radical (unpaired) electrons. The highest BCUT2D eigenvalue weighted by molar-refractivity contribution is 6.74. The number of pyridine rings is 1. The second-order valence-electron chi connectivity index (χ2n) is 7.48. The first-order chi connectivity index (χ1) is 11.8. The zero-order chi connectivity index (χ0) is 18.1. The molecule has 4 nitrogen and oxygen atoms in total. The van der Waals surface area contributed by atoms with Gasteiger partial charge in [-0.15, -0.1) is 0 Å². The summed E-state index contributed by atoms with van der Waals surface area (Å²) in [6.45, 7) is 11.1. The Morgan fingerprint density at radius 1 is 1.08 bits per heavy atom. The van der Waals surface area contributed by atoms with E-state index < -0.39 is 8.32 Å². The summed E-state index contributed by atoms with van der Waals surface area (Å²) < 4.78 is 12.2. The molecule has 0 spiro atoms. The summed E-state index contributed by atoms with van der Waals surface area (Å²) in [5, 5.41) is 0.113. The lowest BCUT2D eigenvalue weighted by atomic mass is 10.2. The van der Waals surface area contributed by atoms with Crippen molar-refractivity contribution in [3.05, 3.63) is 54.2 Å². The minimum atomic E-state index is -1.95. The van der Waals surface area contributed by atoms with E-state index in [0.717, 1.165) is 16.8 Å². The molecule has 2 heterocycles. The summed E-state index contributed by atoms with van der Waals surface area (Å²) in [4.78, 5) is 8.58. The molecule has 5 heteroatoms. The predicted octanol–water partition coefficient (Wildman–Crippen LogP) is 5.01. The van der Waals surface area contributed by atoms with E-state index >= 15 is 0 Å². The second kappa shape index (κ2) is 6.38. The number of oxazole rings is 1. The van der Waals surface area contributed by atoms with Gasteiger partial charge in [-0.25, -0.2) is 0 Å². The minimum Gasteiger partial charge on any atom is -0.542 e. The summed E-state index contributed by atoms with van der Waals surface area (Å²) >= 11 is 0. The summed E-state index contributed by atoms with van der Waals surface area (Å²) in [5.41, 5.74) is 2.23. The second-order valence-corrected chi connectivity index (χ2v) is 12.2. The van der Waals surface area contributed by atoms with Gasteiger partial charge in [-0.1, -0.05) is 32.8 Å². The van der Waals surface area contributed by atoms with E-state index in [1.54, 1.807) is 12.4 Å². The fraction of sp³-hybridized carbons (Fsp3) is 0.300. The summed E-state index contributed by atoms with van der Waals surface area (Å²) in [6, 6.07) is 9.50. The highest BCUT2D eigenvalue weighted by Crippen LogP contribution is 2.39. The van der Waals surface area contributed by atoms with E-state index in [4.69, 9.17) is 8.84 Å². The predicted molar refractivity (Wildman–Crippen MR) is 102 cm³/mol. The lowest BCUT2D eigenvalue weighted by Crippen LogP contribution is -2.43. The van der Waals surface area contributed by atoms with Gasteiger partial charge >= 0.3 is 0 Å². The number of hydrogen-bond donors (Lipinski definition) is 0. The lowest BCUT2D eigenvalue weighted by molar-refractivity contribution is 0.495. The number of rotatable bonds is 2. The SMILES string of the molecule is CC(C)(C)[Si](C)(C)Oc1cccc2oc(C#Cc3cccnc3)nc12. The van der Waals surface area contributed by atoms with Gasteiger partial charge < -0.3 is 8.84 Å². The fourth-order valence-corrected chi connectivity index (χ4v) is 3.07. The number of nitrogens with zero attached hydrogens (tertiary/aromatic N) is 2. The Morgan fingerprint density at radius 3 is 2.56 bits per heavy atom. The molecular weight excluding hydrogens is 328 g/mol. The largest absolute Gasteiger partial charge is 0.542 e. The lowest BCUT2D eigenvalue weighted by Gasteiger charge is -2.36. The smallest absolute Gasteiger partial charge is 0.274 e. The van der Waals surface area contributed by atoms with Gasteiger partial charge in [0.15, 0.2) is 11.1 Å². The van der Waals surface area contributed by atoms with Crippen molar-refractivity contribution in [3.8, 4) is 17.6 Å². The number of aromatic nitrogens is 2. The number of fused-ring (bicyclic) bond motifs is 1. The van der Waals surface area contributed by atoms with Crippen molar-refractivity contribution in [1.82, 2.24) is 9.97 Å². The molecule has 25 heavy (non-hydrogen) atoms. The third-order valence-corrected chi connectivity index (χ3v) is 8.87. The van der Waals surface area contributed by atoms with Crippen molar-refractivity contribution in [2.75, 3.05) is 0 Å². The molecule has 0 aliphatic rings. The van der Waals surface area contributed by atoms with E-state index in [2.05, 4.69) is 55.7 Å². The monoisotopic (exact) mass is 350 g/mol. The van der Waals surface area contributed by atoms with Crippen LogP contribution in [-0.4, -0.2) is 18.3 Å². The van der Waals surface area contributed by atoms with Gasteiger partial charge in [0.05, 0.1) is 0 Å². The van der Waals surface area contributed by atoms with Gasteiger partial charge in [0.2, 0.25) is 0 Å². The van der Waals surface area contributed by atoms with E-state index in [1.165, 1.54) is 0 Å². The van der Waals surface area contributed by atoms with Crippen LogP contribution in [0.1, 0.15) is 32.2 Å². The van der Waals surface area contributed by atoms with Crippen molar-refractivity contribution in [1.29, 1.82) is 0 Å². The molecule has 0 atom stereocenters. The quantitative estimate of drug-likeness (QED) is 0.482. The highest BCUT2D eigenvalue weighted by Gasteiger charge is 2.39. The maximum Gasteiger partial charge on any atom is 0.274 e.